The van der Waals surface area contributed by atoms with E-state index >= 15 is 4.39 Å². The van der Waals surface area contributed by atoms with E-state index < -0.39 is 11.7 Å². The number of hydrogen-bond acceptors (Lipinski definition) is 7. The van der Waals surface area contributed by atoms with Gasteiger partial charge in [-0.05, 0) is 44.5 Å². The Hall–Kier alpha value is -3.19. The van der Waals surface area contributed by atoms with Gasteiger partial charge >= 0.3 is 0 Å². The number of fused-ring (bicyclic) bond motifs is 1. The first-order valence-electron chi connectivity index (χ1n) is 10.5. The molecule has 6 nitrogen and oxygen atoms in total. The molecule has 3 aromatic heterocycles. The van der Waals surface area contributed by atoms with Gasteiger partial charge in [0.2, 0.25) is 0 Å². The molecule has 5 rings (SSSR count). The molecule has 166 valence electrons. The fraction of sp³-hybridized carbons (Fsp3) is 0.250. The third kappa shape index (κ3) is 4.02. The van der Waals surface area contributed by atoms with E-state index in [1.807, 2.05) is 18.4 Å². The van der Waals surface area contributed by atoms with Crippen LogP contribution in [0, 0.1) is 25.1 Å². The highest BCUT2D eigenvalue weighted by Crippen LogP contribution is 2.35. The topological polar surface area (TPSA) is 71.0 Å². The predicted molar refractivity (Wildman–Crippen MR) is 130 cm³/mol. The Labute approximate surface area is 198 Å². The number of carbonyl (C=O) groups excluding carboxylic acids is 1. The Morgan fingerprint density at radius 2 is 2.21 bits per heavy atom. The number of amides is 1. The molecule has 1 aliphatic heterocycles. The highest BCUT2D eigenvalue weighted by Gasteiger charge is 2.32. The highest BCUT2D eigenvalue weighted by atomic mass is 32.1. The number of piperidine rings is 1. The number of benzene rings is 1. The number of halogens is 1. The second-order valence-electron chi connectivity index (χ2n) is 7.80. The lowest BCUT2D eigenvalue weighted by atomic mass is 10.0. The van der Waals surface area contributed by atoms with Gasteiger partial charge in [0.25, 0.3) is 5.91 Å². The summed E-state index contributed by atoms with van der Waals surface area (Å²) in [5.74, 6) is 2.13. The molecule has 1 amide bonds. The van der Waals surface area contributed by atoms with Crippen LogP contribution in [0.5, 0.6) is 0 Å². The predicted octanol–water partition coefficient (Wildman–Crippen LogP) is 4.64. The van der Waals surface area contributed by atoms with Gasteiger partial charge in [0.15, 0.2) is 0 Å². The zero-order chi connectivity index (χ0) is 22.9. The van der Waals surface area contributed by atoms with Gasteiger partial charge in [0.05, 0.1) is 17.0 Å². The Balaban J connectivity index is 1.60. The van der Waals surface area contributed by atoms with E-state index in [2.05, 4.69) is 26.4 Å². The van der Waals surface area contributed by atoms with Crippen molar-refractivity contribution in [3.63, 3.8) is 0 Å². The zero-order valence-electron chi connectivity index (χ0n) is 17.8. The van der Waals surface area contributed by atoms with E-state index in [1.165, 1.54) is 34.8 Å². The summed E-state index contributed by atoms with van der Waals surface area (Å²) in [6.45, 7) is 3.33. The van der Waals surface area contributed by atoms with Crippen LogP contribution in [0.3, 0.4) is 0 Å². The summed E-state index contributed by atoms with van der Waals surface area (Å²) in [6.07, 6.45) is 9.10. The Kier molecular flexibility index (Phi) is 5.89. The van der Waals surface area contributed by atoms with Gasteiger partial charge in [0.1, 0.15) is 21.7 Å². The number of pyridine rings is 1. The molecule has 4 heterocycles. The molecule has 1 aromatic carbocycles. The monoisotopic (exact) mass is 477 g/mol. The van der Waals surface area contributed by atoms with Crippen molar-refractivity contribution in [1.29, 1.82) is 0 Å². The van der Waals surface area contributed by atoms with Crippen molar-refractivity contribution in [2.75, 3.05) is 18.0 Å². The van der Waals surface area contributed by atoms with Crippen LogP contribution in [0.4, 0.5) is 10.2 Å². The van der Waals surface area contributed by atoms with E-state index in [-0.39, 0.29) is 11.6 Å². The molecule has 33 heavy (non-hydrogen) atoms. The van der Waals surface area contributed by atoms with E-state index in [4.69, 9.17) is 6.42 Å². The lowest BCUT2D eigenvalue weighted by molar-refractivity contribution is 0.0968. The van der Waals surface area contributed by atoms with Crippen molar-refractivity contribution in [3.8, 4) is 22.9 Å². The van der Waals surface area contributed by atoms with Crippen LogP contribution < -0.4 is 10.2 Å². The van der Waals surface area contributed by atoms with E-state index in [1.54, 1.807) is 17.2 Å². The summed E-state index contributed by atoms with van der Waals surface area (Å²) in [6, 6.07) is 6.28. The van der Waals surface area contributed by atoms with Crippen LogP contribution in [0.15, 0.2) is 35.8 Å². The number of aryl methyl sites for hydroxylation is 1. The molecule has 0 bridgehead atoms. The van der Waals surface area contributed by atoms with Crippen LogP contribution in [-0.2, 0) is 0 Å². The van der Waals surface area contributed by atoms with Crippen LogP contribution >= 0.6 is 22.7 Å². The number of carbonyl (C=O) groups is 1. The summed E-state index contributed by atoms with van der Waals surface area (Å²) in [5.41, 5.74) is 1.26. The Bertz CT molecular complexity index is 1380. The third-order valence-corrected chi connectivity index (χ3v) is 7.51. The van der Waals surface area contributed by atoms with Gasteiger partial charge in [-0.3, -0.25) is 9.69 Å². The lowest BCUT2D eigenvalue weighted by Gasteiger charge is -2.34. The first-order valence-corrected chi connectivity index (χ1v) is 12.2. The van der Waals surface area contributed by atoms with Crippen LogP contribution in [0.2, 0.25) is 0 Å². The molecule has 0 spiro atoms. The minimum absolute atomic E-state index is 0.0122. The molecule has 1 N–H and O–H groups in total. The minimum atomic E-state index is -0.603. The maximum atomic E-state index is 15.3. The highest BCUT2D eigenvalue weighted by molar-refractivity contribution is 7.17. The Morgan fingerprint density at radius 1 is 1.33 bits per heavy atom. The molecule has 1 saturated heterocycles. The van der Waals surface area contributed by atoms with Gasteiger partial charge < -0.3 is 5.32 Å². The number of rotatable bonds is 4. The third-order valence-electron chi connectivity index (χ3n) is 5.68. The first-order chi connectivity index (χ1) is 16.1. The van der Waals surface area contributed by atoms with Gasteiger partial charge in [-0.25, -0.2) is 9.37 Å². The quantitative estimate of drug-likeness (QED) is 0.434. The van der Waals surface area contributed by atoms with Crippen molar-refractivity contribution in [1.82, 2.24) is 20.5 Å². The van der Waals surface area contributed by atoms with Gasteiger partial charge in [-0.2, -0.15) is 0 Å². The number of aromatic nitrogens is 3. The summed E-state index contributed by atoms with van der Waals surface area (Å²) in [4.78, 5) is 20.0. The molecule has 0 radical (unpaired) electrons. The molecule has 1 fully saturated rings. The van der Waals surface area contributed by atoms with E-state index in [0.717, 1.165) is 34.5 Å². The zero-order valence-corrected chi connectivity index (χ0v) is 19.5. The maximum Gasteiger partial charge on any atom is 0.262 e. The number of hydrogen-bond donors (Lipinski definition) is 1. The summed E-state index contributed by atoms with van der Waals surface area (Å²) >= 11 is 2.88. The standard InChI is InChI=1S/C24H20FN5OS2/c1-3-15-13-32-20-8-10-27-22(21(15)20)30(17-5-4-9-26-12-17)24(31)18-7-6-16(11-19(18)25)23-29-28-14(2)33-23/h1,6-8,10-11,13,17,26H,4-5,9,12H2,2H3/t17-/m1/s1. The van der Waals surface area contributed by atoms with E-state index in [9.17, 15) is 4.79 Å². The number of thiophene rings is 1. The summed E-state index contributed by atoms with van der Waals surface area (Å²) < 4.78 is 16.2. The number of terminal acetylenes is 1. The molecule has 0 aliphatic carbocycles. The second kappa shape index (κ2) is 8.98. The van der Waals surface area contributed by atoms with Crippen molar-refractivity contribution in [3.05, 3.63) is 57.8 Å². The molecule has 1 aliphatic rings. The van der Waals surface area contributed by atoms with Crippen molar-refractivity contribution in [2.24, 2.45) is 0 Å². The van der Waals surface area contributed by atoms with Crippen LogP contribution in [0.1, 0.15) is 33.8 Å². The van der Waals surface area contributed by atoms with Crippen molar-refractivity contribution < 1.29 is 9.18 Å². The molecule has 1 atom stereocenters. The Morgan fingerprint density at radius 3 is 2.91 bits per heavy atom. The van der Waals surface area contributed by atoms with Crippen molar-refractivity contribution in [2.45, 2.75) is 25.8 Å². The average molecular weight is 478 g/mol. The molecular weight excluding hydrogens is 457 g/mol. The van der Waals surface area contributed by atoms with Gasteiger partial charge in [-0.15, -0.1) is 28.0 Å². The van der Waals surface area contributed by atoms with E-state index in [0.29, 0.717) is 28.5 Å². The first kappa shape index (κ1) is 21.6. The average Bonchev–Trinajstić information content (AvgIpc) is 3.46. The number of anilines is 1. The molecule has 9 heteroatoms. The van der Waals surface area contributed by atoms with Gasteiger partial charge in [-0.1, -0.05) is 23.3 Å². The molecule has 0 saturated carbocycles. The SMILES string of the molecule is C#Cc1csc2ccnc(N(C(=O)c3ccc(-c4nnc(C)s4)cc3F)[C@@H]3CCCNC3)c12. The lowest BCUT2D eigenvalue weighted by Crippen LogP contribution is -2.49. The largest absolute Gasteiger partial charge is 0.315 e. The fourth-order valence-electron chi connectivity index (χ4n) is 4.11. The maximum absolute atomic E-state index is 15.3. The summed E-state index contributed by atoms with van der Waals surface area (Å²) in [7, 11) is 0. The number of nitrogens with zero attached hydrogens (tertiary/aromatic N) is 4. The fourth-order valence-corrected chi connectivity index (χ4v) is 5.69. The van der Waals surface area contributed by atoms with Crippen molar-refractivity contribution >= 4 is 44.5 Å². The van der Waals surface area contributed by atoms with Crippen LogP contribution in [-0.4, -0.2) is 40.2 Å². The molecule has 0 unspecified atom stereocenters. The second-order valence-corrected chi connectivity index (χ2v) is 9.89. The van der Waals surface area contributed by atoms with Crippen LogP contribution in [0.25, 0.3) is 20.7 Å². The molecular formula is C24H20FN5OS2. The molecule has 4 aromatic rings. The normalized spacial score (nSPS) is 16.0. The minimum Gasteiger partial charge on any atom is -0.315 e. The smallest absolute Gasteiger partial charge is 0.262 e. The summed E-state index contributed by atoms with van der Waals surface area (Å²) in [5, 5.41) is 15.5. The van der Waals surface area contributed by atoms with Gasteiger partial charge in [0, 0.05) is 33.9 Å². The number of nitrogens with one attached hydrogen (secondary N) is 1.